The second-order valence-electron chi connectivity index (χ2n) is 4.31. The molecule has 4 heteroatoms. The summed E-state index contributed by atoms with van der Waals surface area (Å²) < 4.78 is 26.9. The Morgan fingerprint density at radius 2 is 1.94 bits per heavy atom. The Hall–Kier alpha value is -1.39. The lowest BCUT2D eigenvalue weighted by Crippen LogP contribution is -2.33. The first kappa shape index (κ1) is 14.7. The van der Waals surface area contributed by atoms with Gasteiger partial charge in [-0.3, -0.25) is 0 Å². The van der Waals surface area contributed by atoms with E-state index in [1.54, 1.807) is 36.4 Å². The van der Waals surface area contributed by atoms with Crippen LogP contribution < -0.4 is 4.72 Å². The minimum Gasteiger partial charge on any atom is -0.207 e. The van der Waals surface area contributed by atoms with Gasteiger partial charge in [-0.05, 0) is 32.4 Å². The largest absolute Gasteiger partial charge is 0.241 e. The van der Waals surface area contributed by atoms with Gasteiger partial charge in [0.25, 0.3) is 0 Å². The van der Waals surface area contributed by atoms with Gasteiger partial charge in [-0.25, -0.2) is 13.1 Å². The van der Waals surface area contributed by atoms with Gasteiger partial charge < -0.3 is 0 Å². The minimum atomic E-state index is -3.47. The Bertz CT molecular complexity index is 514. The number of hydrogen-bond donors (Lipinski definition) is 1. The zero-order chi connectivity index (χ0) is 13.6. The molecule has 1 aromatic rings. The molecule has 1 unspecified atom stereocenters. The molecule has 0 radical (unpaired) electrons. The van der Waals surface area contributed by atoms with Crippen LogP contribution in [0.25, 0.3) is 0 Å². The quantitative estimate of drug-likeness (QED) is 0.804. The number of sulfonamides is 1. The van der Waals surface area contributed by atoms with E-state index < -0.39 is 10.0 Å². The van der Waals surface area contributed by atoms with Crippen molar-refractivity contribution in [1.82, 2.24) is 4.72 Å². The summed E-state index contributed by atoms with van der Waals surface area (Å²) in [6.07, 6.45) is 4.16. The minimum absolute atomic E-state index is 0.252. The molecule has 0 saturated heterocycles. The van der Waals surface area contributed by atoms with Crippen LogP contribution in [-0.4, -0.2) is 14.5 Å². The van der Waals surface area contributed by atoms with Crippen molar-refractivity contribution in [1.29, 1.82) is 0 Å². The fourth-order valence-corrected chi connectivity index (χ4v) is 2.81. The smallest absolute Gasteiger partial charge is 0.207 e. The van der Waals surface area contributed by atoms with E-state index in [4.69, 9.17) is 0 Å². The van der Waals surface area contributed by atoms with Crippen LogP contribution in [0.4, 0.5) is 0 Å². The Labute approximate surface area is 109 Å². The molecule has 0 spiro atoms. The summed E-state index contributed by atoms with van der Waals surface area (Å²) in [4.78, 5) is 0.279. The number of rotatable bonds is 6. The Morgan fingerprint density at radius 3 is 2.44 bits per heavy atom. The van der Waals surface area contributed by atoms with E-state index in [0.717, 1.165) is 5.57 Å². The number of allylic oxidation sites excluding steroid dienone is 1. The van der Waals surface area contributed by atoms with Crippen LogP contribution >= 0.6 is 0 Å². The van der Waals surface area contributed by atoms with Crippen molar-refractivity contribution in [2.75, 3.05) is 0 Å². The fourth-order valence-electron chi connectivity index (χ4n) is 1.60. The lowest BCUT2D eigenvalue weighted by molar-refractivity contribution is 0.571. The SMILES string of the molecule is C=CCC(C=C(C)C)NS(=O)(=O)c1ccccc1. The number of hydrogen-bond acceptors (Lipinski definition) is 2. The highest BCUT2D eigenvalue weighted by atomic mass is 32.2. The normalized spacial score (nSPS) is 12.8. The topological polar surface area (TPSA) is 46.2 Å². The summed E-state index contributed by atoms with van der Waals surface area (Å²) >= 11 is 0. The molecule has 0 aromatic heterocycles. The van der Waals surface area contributed by atoms with Crippen molar-refractivity contribution in [3.8, 4) is 0 Å². The molecule has 1 N–H and O–H groups in total. The van der Waals surface area contributed by atoms with Gasteiger partial charge in [-0.1, -0.05) is 35.9 Å². The summed E-state index contributed by atoms with van der Waals surface area (Å²) in [5.41, 5.74) is 1.07. The maximum Gasteiger partial charge on any atom is 0.241 e. The average Bonchev–Trinajstić information content (AvgIpc) is 2.29. The van der Waals surface area contributed by atoms with E-state index >= 15 is 0 Å². The summed E-state index contributed by atoms with van der Waals surface area (Å²) in [5, 5.41) is 0. The first-order chi connectivity index (χ1) is 8.45. The lowest BCUT2D eigenvalue weighted by Gasteiger charge is -2.14. The van der Waals surface area contributed by atoms with Crippen molar-refractivity contribution in [3.05, 3.63) is 54.6 Å². The van der Waals surface area contributed by atoms with Crippen molar-refractivity contribution in [2.45, 2.75) is 31.2 Å². The second-order valence-corrected chi connectivity index (χ2v) is 6.02. The molecule has 0 aliphatic carbocycles. The molecular formula is C14H19NO2S. The first-order valence-electron chi connectivity index (χ1n) is 5.79. The van der Waals surface area contributed by atoms with Crippen molar-refractivity contribution < 1.29 is 8.42 Å². The predicted octanol–water partition coefficient (Wildman–Crippen LogP) is 2.88. The molecular weight excluding hydrogens is 246 g/mol. The molecule has 1 atom stereocenters. The summed E-state index contributed by atoms with van der Waals surface area (Å²) in [5.74, 6) is 0. The van der Waals surface area contributed by atoms with E-state index in [9.17, 15) is 8.42 Å². The summed E-state index contributed by atoms with van der Waals surface area (Å²) in [6, 6.07) is 8.11. The molecule has 0 amide bonds. The van der Waals surface area contributed by atoms with Gasteiger partial charge >= 0.3 is 0 Å². The molecule has 18 heavy (non-hydrogen) atoms. The maximum atomic E-state index is 12.1. The predicted molar refractivity (Wildman–Crippen MR) is 74.8 cm³/mol. The van der Waals surface area contributed by atoms with E-state index in [-0.39, 0.29) is 10.9 Å². The van der Waals surface area contributed by atoms with Crippen LogP contribution in [0, 0.1) is 0 Å². The summed E-state index contributed by atoms with van der Waals surface area (Å²) in [6.45, 7) is 7.52. The Balaban J connectivity index is 2.93. The third kappa shape index (κ3) is 4.47. The maximum absolute atomic E-state index is 12.1. The zero-order valence-corrected chi connectivity index (χ0v) is 11.6. The van der Waals surface area contributed by atoms with Crippen LogP contribution in [0.2, 0.25) is 0 Å². The monoisotopic (exact) mass is 265 g/mol. The molecule has 0 saturated carbocycles. The molecule has 1 rings (SSSR count). The van der Waals surface area contributed by atoms with Gasteiger partial charge in [0, 0.05) is 6.04 Å². The van der Waals surface area contributed by atoms with Crippen LogP contribution in [0.5, 0.6) is 0 Å². The molecule has 0 bridgehead atoms. The van der Waals surface area contributed by atoms with Gasteiger partial charge in [0.05, 0.1) is 4.90 Å². The number of benzene rings is 1. The van der Waals surface area contributed by atoms with Gasteiger partial charge in [0.15, 0.2) is 0 Å². The summed E-state index contributed by atoms with van der Waals surface area (Å²) in [7, 11) is -3.47. The van der Waals surface area contributed by atoms with E-state index in [2.05, 4.69) is 11.3 Å². The van der Waals surface area contributed by atoms with Crippen LogP contribution in [-0.2, 0) is 10.0 Å². The van der Waals surface area contributed by atoms with Gasteiger partial charge in [-0.15, -0.1) is 6.58 Å². The second kappa shape index (κ2) is 6.52. The highest BCUT2D eigenvalue weighted by molar-refractivity contribution is 7.89. The van der Waals surface area contributed by atoms with Crippen molar-refractivity contribution in [3.63, 3.8) is 0 Å². The first-order valence-corrected chi connectivity index (χ1v) is 7.27. The Kier molecular flexibility index (Phi) is 5.31. The average molecular weight is 265 g/mol. The highest BCUT2D eigenvalue weighted by Gasteiger charge is 2.17. The molecule has 1 aromatic carbocycles. The fraction of sp³-hybridized carbons (Fsp3) is 0.286. The molecule has 0 fully saturated rings. The van der Waals surface area contributed by atoms with Crippen molar-refractivity contribution in [2.24, 2.45) is 0 Å². The standard InChI is InChI=1S/C14H19NO2S/c1-4-8-13(11-12(2)3)15-18(16,17)14-9-6-5-7-10-14/h4-7,9-11,13,15H,1,8H2,2-3H3. The Morgan fingerprint density at radius 1 is 1.33 bits per heavy atom. The van der Waals surface area contributed by atoms with E-state index in [0.29, 0.717) is 6.42 Å². The molecule has 0 heterocycles. The lowest BCUT2D eigenvalue weighted by atomic mass is 10.1. The number of nitrogens with one attached hydrogen (secondary N) is 1. The van der Waals surface area contributed by atoms with Crippen LogP contribution in [0.3, 0.4) is 0 Å². The van der Waals surface area contributed by atoms with Crippen LogP contribution in [0.1, 0.15) is 20.3 Å². The third-order valence-corrected chi connectivity index (χ3v) is 3.82. The molecule has 0 aliphatic heterocycles. The van der Waals surface area contributed by atoms with Gasteiger partial charge in [0.2, 0.25) is 10.0 Å². The zero-order valence-electron chi connectivity index (χ0n) is 10.8. The molecule has 98 valence electrons. The van der Waals surface area contributed by atoms with E-state index in [1.807, 2.05) is 19.9 Å². The van der Waals surface area contributed by atoms with Gasteiger partial charge in [-0.2, -0.15) is 0 Å². The highest BCUT2D eigenvalue weighted by Crippen LogP contribution is 2.10. The van der Waals surface area contributed by atoms with Crippen molar-refractivity contribution >= 4 is 10.0 Å². The van der Waals surface area contributed by atoms with Crippen LogP contribution in [0.15, 0.2) is 59.5 Å². The van der Waals surface area contributed by atoms with E-state index in [1.165, 1.54) is 0 Å². The van der Waals surface area contributed by atoms with Gasteiger partial charge in [0.1, 0.15) is 0 Å². The third-order valence-electron chi connectivity index (χ3n) is 2.32. The molecule has 0 aliphatic rings. The molecule has 3 nitrogen and oxygen atoms in total.